The molecule has 2 aromatic heterocycles. The van der Waals surface area contributed by atoms with Crippen molar-refractivity contribution in [2.24, 2.45) is 0 Å². The Kier molecular flexibility index (Phi) is 2.63. The van der Waals surface area contributed by atoms with Gasteiger partial charge in [-0.1, -0.05) is 31.5 Å². The summed E-state index contributed by atoms with van der Waals surface area (Å²) >= 11 is 0. The smallest absolute Gasteiger partial charge is 0.276 e. The Morgan fingerprint density at radius 1 is 1.28 bits per heavy atom. The maximum absolute atomic E-state index is 11.9. The quantitative estimate of drug-likeness (QED) is 0.766. The van der Waals surface area contributed by atoms with Gasteiger partial charge in [0.2, 0.25) is 0 Å². The molecule has 4 nitrogen and oxygen atoms in total. The van der Waals surface area contributed by atoms with Crippen LogP contribution < -0.4 is 5.56 Å². The van der Waals surface area contributed by atoms with E-state index in [1.807, 2.05) is 35.1 Å². The van der Waals surface area contributed by atoms with Crippen molar-refractivity contribution < 1.29 is 0 Å². The SMILES string of the molecule is CCCCn1cc2c(n1)c(=O)[nH]c1ccccc12. The molecular formula is C14H15N3O. The van der Waals surface area contributed by atoms with Crippen molar-refractivity contribution in [3.05, 3.63) is 40.8 Å². The van der Waals surface area contributed by atoms with E-state index in [1.54, 1.807) is 0 Å². The molecule has 3 aromatic rings. The lowest BCUT2D eigenvalue weighted by molar-refractivity contribution is 0.576. The number of rotatable bonds is 3. The first kappa shape index (κ1) is 11.0. The van der Waals surface area contributed by atoms with Gasteiger partial charge in [0.15, 0.2) is 5.52 Å². The van der Waals surface area contributed by atoms with Gasteiger partial charge in [0, 0.05) is 29.0 Å². The number of aryl methyl sites for hydroxylation is 1. The zero-order valence-corrected chi connectivity index (χ0v) is 10.3. The van der Waals surface area contributed by atoms with E-state index < -0.39 is 0 Å². The second-order valence-electron chi connectivity index (χ2n) is 4.51. The number of aromatic amines is 1. The molecule has 92 valence electrons. The summed E-state index contributed by atoms with van der Waals surface area (Å²) in [5.74, 6) is 0. The van der Waals surface area contributed by atoms with Crippen LogP contribution in [-0.2, 0) is 6.54 Å². The van der Waals surface area contributed by atoms with Crippen LogP contribution in [-0.4, -0.2) is 14.8 Å². The summed E-state index contributed by atoms with van der Waals surface area (Å²) < 4.78 is 1.87. The Hall–Kier alpha value is -2.10. The van der Waals surface area contributed by atoms with E-state index in [4.69, 9.17) is 0 Å². The van der Waals surface area contributed by atoms with Gasteiger partial charge in [-0.3, -0.25) is 9.48 Å². The minimum atomic E-state index is -0.112. The largest absolute Gasteiger partial charge is 0.320 e. The molecule has 0 radical (unpaired) electrons. The van der Waals surface area contributed by atoms with Crippen LogP contribution in [0.3, 0.4) is 0 Å². The highest BCUT2D eigenvalue weighted by atomic mass is 16.1. The van der Waals surface area contributed by atoms with Gasteiger partial charge in [-0.05, 0) is 12.5 Å². The number of H-pyrrole nitrogens is 1. The van der Waals surface area contributed by atoms with Gasteiger partial charge in [0.05, 0.1) is 0 Å². The highest BCUT2D eigenvalue weighted by Gasteiger charge is 2.08. The summed E-state index contributed by atoms with van der Waals surface area (Å²) in [5, 5.41) is 6.36. The number of nitrogens with zero attached hydrogens (tertiary/aromatic N) is 2. The Morgan fingerprint density at radius 3 is 2.94 bits per heavy atom. The Bertz CT molecular complexity index is 754. The zero-order valence-electron chi connectivity index (χ0n) is 10.3. The highest BCUT2D eigenvalue weighted by molar-refractivity contribution is 6.03. The summed E-state index contributed by atoms with van der Waals surface area (Å²) in [7, 11) is 0. The van der Waals surface area contributed by atoms with E-state index in [1.165, 1.54) is 0 Å². The average molecular weight is 241 g/mol. The van der Waals surface area contributed by atoms with E-state index >= 15 is 0 Å². The second-order valence-corrected chi connectivity index (χ2v) is 4.51. The molecule has 0 fully saturated rings. The average Bonchev–Trinajstić information content (AvgIpc) is 2.81. The van der Waals surface area contributed by atoms with Crippen LogP contribution in [0.5, 0.6) is 0 Å². The van der Waals surface area contributed by atoms with E-state index in [0.717, 1.165) is 35.7 Å². The lowest BCUT2D eigenvalue weighted by Gasteiger charge is -1.97. The Balaban J connectivity index is 2.27. The molecule has 0 aliphatic heterocycles. The monoisotopic (exact) mass is 241 g/mol. The lowest BCUT2D eigenvalue weighted by atomic mass is 10.1. The summed E-state index contributed by atoms with van der Waals surface area (Å²) in [5.41, 5.74) is 1.29. The fourth-order valence-corrected chi connectivity index (χ4v) is 2.23. The van der Waals surface area contributed by atoms with E-state index in [0.29, 0.717) is 5.52 Å². The summed E-state index contributed by atoms with van der Waals surface area (Å²) in [6.07, 6.45) is 4.17. The predicted molar refractivity (Wildman–Crippen MR) is 72.8 cm³/mol. The molecule has 0 unspecified atom stereocenters. The number of pyridine rings is 1. The number of benzene rings is 1. The maximum Gasteiger partial charge on any atom is 0.276 e. The molecule has 1 aromatic carbocycles. The first-order chi connectivity index (χ1) is 8.79. The topological polar surface area (TPSA) is 50.7 Å². The van der Waals surface area contributed by atoms with E-state index in [-0.39, 0.29) is 5.56 Å². The third-order valence-corrected chi connectivity index (χ3v) is 3.18. The first-order valence-electron chi connectivity index (χ1n) is 6.28. The van der Waals surface area contributed by atoms with Crippen molar-refractivity contribution in [2.45, 2.75) is 26.3 Å². The van der Waals surface area contributed by atoms with Crippen molar-refractivity contribution in [3.63, 3.8) is 0 Å². The van der Waals surface area contributed by atoms with Crippen LogP contribution in [0, 0.1) is 0 Å². The van der Waals surface area contributed by atoms with Crippen molar-refractivity contribution in [3.8, 4) is 0 Å². The number of aromatic nitrogens is 3. The second kappa shape index (κ2) is 4.29. The number of nitrogens with one attached hydrogen (secondary N) is 1. The van der Waals surface area contributed by atoms with Crippen molar-refractivity contribution in [2.75, 3.05) is 0 Å². The van der Waals surface area contributed by atoms with Gasteiger partial charge in [-0.25, -0.2) is 0 Å². The van der Waals surface area contributed by atoms with Gasteiger partial charge in [0.1, 0.15) is 0 Å². The van der Waals surface area contributed by atoms with Gasteiger partial charge in [0.25, 0.3) is 5.56 Å². The molecule has 2 heterocycles. The fraction of sp³-hybridized carbons (Fsp3) is 0.286. The molecule has 4 heteroatoms. The highest BCUT2D eigenvalue weighted by Crippen LogP contribution is 2.19. The van der Waals surface area contributed by atoms with E-state index in [2.05, 4.69) is 17.0 Å². The molecule has 0 atom stereocenters. The third kappa shape index (κ3) is 1.70. The van der Waals surface area contributed by atoms with Gasteiger partial charge in [-0.2, -0.15) is 5.10 Å². The van der Waals surface area contributed by atoms with Crippen LogP contribution in [0.4, 0.5) is 0 Å². The molecule has 0 amide bonds. The minimum absolute atomic E-state index is 0.112. The molecule has 3 rings (SSSR count). The molecular weight excluding hydrogens is 226 g/mol. The normalized spacial score (nSPS) is 11.4. The van der Waals surface area contributed by atoms with Gasteiger partial charge >= 0.3 is 0 Å². The van der Waals surface area contributed by atoms with Gasteiger partial charge < -0.3 is 4.98 Å². The standard InChI is InChI=1S/C14H15N3O/c1-2-3-8-17-9-11-10-6-4-5-7-12(10)15-14(18)13(11)16-17/h4-7,9H,2-3,8H2,1H3,(H,15,18). The number of unbranched alkanes of at least 4 members (excludes halogenated alkanes) is 1. The van der Waals surface area contributed by atoms with Crippen LogP contribution in [0.1, 0.15) is 19.8 Å². The molecule has 18 heavy (non-hydrogen) atoms. The van der Waals surface area contributed by atoms with Crippen LogP contribution in [0.2, 0.25) is 0 Å². The Morgan fingerprint density at radius 2 is 2.11 bits per heavy atom. The molecule has 1 N–H and O–H groups in total. The number of hydrogen-bond acceptors (Lipinski definition) is 2. The number of para-hydroxylation sites is 1. The molecule has 0 bridgehead atoms. The predicted octanol–water partition coefficient (Wildman–Crippen LogP) is 2.68. The molecule has 0 aliphatic rings. The van der Waals surface area contributed by atoms with Crippen molar-refractivity contribution in [1.82, 2.24) is 14.8 Å². The van der Waals surface area contributed by atoms with E-state index in [9.17, 15) is 4.79 Å². The van der Waals surface area contributed by atoms with Crippen LogP contribution in [0.25, 0.3) is 21.8 Å². The van der Waals surface area contributed by atoms with Gasteiger partial charge in [-0.15, -0.1) is 0 Å². The fourth-order valence-electron chi connectivity index (χ4n) is 2.23. The molecule has 0 spiro atoms. The first-order valence-corrected chi connectivity index (χ1v) is 6.28. The molecule has 0 saturated carbocycles. The van der Waals surface area contributed by atoms with Crippen molar-refractivity contribution >= 4 is 21.8 Å². The molecule has 0 aliphatic carbocycles. The van der Waals surface area contributed by atoms with Crippen LogP contribution in [0.15, 0.2) is 35.3 Å². The third-order valence-electron chi connectivity index (χ3n) is 3.18. The Labute approximate surface area is 104 Å². The summed E-state index contributed by atoms with van der Waals surface area (Å²) in [6, 6.07) is 7.83. The number of hydrogen-bond donors (Lipinski definition) is 1. The maximum atomic E-state index is 11.9. The zero-order chi connectivity index (χ0) is 12.5. The summed E-state index contributed by atoms with van der Waals surface area (Å²) in [6.45, 7) is 3.00. The minimum Gasteiger partial charge on any atom is -0.320 e. The lowest BCUT2D eigenvalue weighted by Crippen LogP contribution is -2.07. The molecule has 0 saturated heterocycles. The number of fused-ring (bicyclic) bond motifs is 3. The summed E-state index contributed by atoms with van der Waals surface area (Å²) in [4.78, 5) is 14.8. The van der Waals surface area contributed by atoms with Crippen molar-refractivity contribution in [1.29, 1.82) is 0 Å². The van der Waals surface area contributed by atoms with Crippen LogP contribution >= 0.6 is 0 Å².